The van der Waals surface area contributed by atoms with Crippen LogP contribution < -0.4 is 5.73 Å². The molecule has 96 valence electrons. The van der Waals surface area contributed by atoms with Crippen molar-refractivity contribution >= 4 is 0 Å². The van der Waals surface area contributed by atoms with Crippen molar-refractivity contribution in [1.82, 2.24) is 4.90 Å². The van der Waals surface area contributed by atoms with E-state index < -0.39 is 0 Å². The summed E-state index contributed by atoms with van der Waals surface area (Å²) < 4.78 is 5.17. The summed E-state index contributed by atoms with van der Waals surface area (Å²) in [4.78, 5) is 2.50. The molecule has 0 aliphatic heterocycles. The highest BCUT2D eigenvalue weighted by atomic mass is 16.5. The minimum absolute atomic E-state index is 0.570. The number of nitrogens with zero attached hydrogens (tertiary/aromatic N) is 1. The summed E-state index contributed by atoms with van der Waals surface area (Å²) in [5.41, 5.74) is 5.97. The highest BCUT2D eigenvalue weighted by Crippen LogP contribution is 2.28. The summed E-state index contributed by atoms with van der Waals surface area (Å²) in [7, 11) is 1.77. The molecule has 3 heteroatoms. The molecule has 1 atom stereocenters. The Hall–Kier alpha value is -0.120. The van der Waals surface area contributed by atoms with E-state index in [9.17, 15) is 0 Å². The fourth-order valence-electron chi connectivity index (χ4n) is 2.93. The van der Waals surface area contributed by atoms with Crippen molar-refractivity contribution < 1.29 is 4.74 Å². The van der Waals surface area contributed by atoms with Crippen molar-refractivity contribution in [3.8, 4) is 0 Å². The molecular weight excluding hydrogens is 200 g/mol. The third-order valence-corrected chi connectivity index (χ3v) is 3.89. The Balaban J connectivity index is 2.47. The maximum Gasteiger partial charge on any atom is 0.0589 e. The summed E-state index contributed by atoms with van der Waals surface area (Å²) in [6, 6.07) is 0.570. The Morgan fingerprint density at radius 1 is 1.31 bits per heavy atom. The number of likely N-dealkylation sites (N-methyl/N-ethyl adjacent to an activating group) is 1. The van der Waals surface area contributed by atoms with E-state index in [0.717, 1.165) is 32.2 Å². The van der Waals surface area contributed by atoms with Crippen molar-refractivity contribution in [1.29, 1.82) is 0 Å². The first-order valence-electron chi connectivity index (χ1n) is 6.76. The van der Waals surface area contributed by atoms with Crippen molar-refractivity contribution in [3.63, 3.8) is 0 Å². The lowest BCUT2D eigenvalue weighted by Gasteiger charge is -2.37. The Labute approximate surface area is 100 Å². The summed E-state index contributed by atoms with van der Waals surface area (Å²) in [6.07, 6.45) is 6.93. The Morgan fingerprint density at radius 2 is 2.00 bits per heavy atom. The number of hydrogen-bond acceptors (Lipinski definition) is 3. The fraction of sp³-hybridized carbons (Fsp3) is 1.00. The third-order valence-electron chi connectivity index (χ3n) is 3.89. The molecule has 0 saturated heterocycles. The average Bonchev–Trinajstić information content (AvgIpc) is 2.35. The van der Waals surface area contributed by atoms with Crippen LogP contribution in [-0.4, -0.2) is 44.3 Å². The summed E-state index contributed by atoms with van der Waals surface area (Å²) in [5.74, 6) is 0.815. The molecule has 3 nitrogen and oxygen atoms in total. The molecule has 0 aromatic heterocycles. The fourth-order valence-corrected chi connectivity index (χ4v) is 2.93. The second-order valence-electron chi connectivity index (χ2n) is 4.82. The molecule has 2 N–H and O–H groups in total. The number of rotatable bonds is 7. The van der Waals surface area contributed by atoms with E-state index >= 15 is 0 Å². The van der Waals surface area contributed by atoms with Crippen LogP contribution in [0.4, 0.5) is 0 Å². The molecule has 1 unspecified atom stereocenters. The van der Waals surface area contributed by atoms with Gasteiger partial charge in [-0.2, -0.15) is 0 Å². The van der Waals surface area contributed by atoms with E-state index in [4.69, 9.17) is 10.5 Å². The van der Waals surface area contributed by atoms with Crippen LogP contribution in [0.15, 0.2) is 0 Å². The van der Waals surface area contributed by atoms with E-state index in [1.54, 1.807) is 7.11 Å². The molecule has 0 radical (unpaired) electrons. The van der Waals surface area contributed by atoms with Crippen molar-refractivity contribution in [2.45, 2.75) is 45.1 Å². The molecule has 16 heavy (non-hydrogen) atoms. The number of nitrogens with two attached hydrogens (primary N) is 1. The summed E-state index contributed by atoms with van der Waals surface area (Å²) in [6.45, 7) is 5.94. The largest absolute Gasteiger partial charge is 0.383 e. The predicted molar refractivity (Wildman–Crippen MR) is 68.5 cm³/mol. The zero-order valence-electron chi connectivity index (χ0n) is 11.0. The van der Waals surface area contributed by atoms with Gasteiger partial charge in [-0.05, 0) is 25.3 Å². The van der Waals surface area contributed by atoms with Crippen LogP contribution in [0.5, 0.6) is 0 Å². The van der Waals surface area contributed by atoms with Crippen LogP contribution in [0, 0.1) is 5.92 Å². The average molecular weight is 228 g/mol. The zero-order chi connectivity index (χ0) is 11.8. The highest BCUT2D eigenvalue weighted by molar-refractivity contribution is 4.82. The van der Waals surface area contributed by atoms with Crippen LogP contribution in [0.3, 0.4) is 0 Å². The Morgan fingerprint density at radius 3 is 2.50 bits per heavy atom. The van der Waals surface area contributed by atoms with Crippen LogP contribution in [-0.2, 0) is 4.74 Å². The number of hydrogen-bond donors (Lipinski definition) is 1. The van der Waals surface area contributed by atoms with Gasteiger partial charge in [0.25, 0.3) is 0 Å². The van der Waals surface area contributed by atoms with Crippen molar-refractivity contribution in [3.05, 3.63) is 0 Å². The second-order valence-corrected chi connectivity index (χ2v) is 4.82. The minimum Gasteiger partial charge on any atom is -0.383 e. The topological polar surface area (TPSA) is 38.5 Å². The monoisotopic (exact) mass is 228 g/mol. The van der Waals surface area contributed by atoms with Crippen molar-refractivity contribution in [2.75, 3.05) is 33.4 Å². The first kappa shape index (κ1) is 13.9. The molecule has 0 aromatic rings. The van der Waals surface area contributed by atoms with E-state index in [2.05, 4.69) is 11.8 Å². The molecule has 1 aliphatic rings. The van der Waals surface area contributed by atoms with E-state index in [1.807, 2.05) is 0 Å². The van der Waals surface area contributed by atoms with Gasteiger partial charge in [-0.15, -0.1) is 0 Å². The molecule has 0 amide bonds. The molecule has 1 aliphatic carbocycles. The maximum absolute atomic E-state index is 5.97. The van der Waals surface area contributed by atoms with Gasteiger partial charge in [-0.1, -0.05) is 26.2 Å². The molecule has 0 heterocycles. The molecular formula is C13H28N2O. The SMILES string of the molecule is CCN(CCOC)C(CN)C1CCCCC1. The lowest BCUT2D eigenvalue weighted by Crippen LogP contribution is -2.47. The molecule has 1 fully saturated rings. The second kappa shape index (κ2) is 8.04. The van der Waals surface area contributed by atoms with Gasteiger partial charge in [0.05, 0.1) is 6.61 Å². The van der Waals surface area contributed by atoms with Crippen LogP contribution in [0.25, 0.3) is 0 Å². The molecule has 1 rings (SSSR count). The van der Waals surface area contributed by atoms with Gasteiger partial charge in [-0.25, -0.2) is 0 Å². The van der Waals surface area contributed by atoms with E-state index in [0.29, 0.717) is 6.04 Å². The van der Waals surface area contributed by atoms with E-state index in [-0.39, 0.29) is 0 Å². The molecule has 0 spiro atoms. The highest BCUT2D eigenvalue weighted by Gasteiger charge is 2.26. The quantitative estimate of drug-likeness (QED) is 0.723. The third kappa shape index (κ3) is 4.04. The van der Waals surface area contributed by atoms with Crippen LogP contribution >= 0.6 is 0 Å². The van der Waals surface area contributed by atoms with Crippen LogP contribution in [0.2, 0.25) is 0 Å². The first-order chi connectivity index (χ1) is 7.83. The van der Waals surface area contributed by atoms with Gasteiger partial charge >= 0.3 is 0 Å². The normalized spacial score (nSPS) is 20.2. The van der Waals surface area contributed by atoms with Crippen LogP contribution in [0.1, 0.15) is 39.0 Å². The molecule has 1 saturated carbocycles. The maximum atomic E-state index is 5.97. The number of methoxy groups -OCH3 is 1. The lowest BCUT2D eigenvalue weighted by molar-refractivity contribution is 0.0882. The van der Waals surface area contributed by atoms with Crippen molar-refractivity contribution in [2.24, 2.45) is 11.7 Å². The van der Waals surface area contributed by atoms with Gasteiger partial charge < -0.3 is 10.5 Å². The van der Waals surface area contributed by atoms with Gasteiger partial charge in [0.2, 0.25) is 0 Å². The lowest BCUT2D eigenvalue weighted by atomic mass is 9.83. The van der Waals surface area contributed by atoms with Gasteiger partial charge in [0.15, 0.2) is 0 Å². The molecule has 0 aromatic carbocycles. The standard InChI is InChI=1S/C13H28N2O/c1-3-15(9-10-16-2)13(11-14)12-7-5-4-6-8-12/h12-13H,3-11,14H2,1-2H3. The van der Waals surface area contributed by atoms with Gasteiger partial charge in [-0.3, -0.25) is 4.90 Å². The Bertz CT molecular complexity index is 169. The first-order valence-corrected chi connectivity index (χ1v) is 6.76. The predicted octanol–water partition coefficient (Wildman–Crippen LogP) is 1.86. The molecule has 0 bridgehead atoms. The number of ether oxygens (including phenoxy) is 1. The smallest absolute Gasteiger partial charge is 0.0589 e. The summed E-state index contributed by atoms with van der Waals surface area (Å²) >= 11 is 0. The summed E-state index contributed by atoms with van der Waals surface area (Å²) in [5, 5.41) is 0. The minimum atomic E-state index is 0.570. The zero-order valence-corrected chi connectivity index (χ0v) is 11.0. The Kier molecular flexibility index (Phi) is 7.01. The van der Waals surface area contributed by atoms with Gasteiger partial charge in [0.1, 0.15) is 0 Å². The van der Waals surface area contributed by atoms with Gasteiger partial charge in [0, 0.05) is 26.2 Å². The van der Waals surface area contributed by atoms with E-state index in [1.165, 1.54) is 32.1 Å².